The molecule has 96 valence electrons. The van der Waals surface area contributed by atoms with E-state index in [0.717, 1.165) is 26.5 Å². The highest BCUT2D eigenvalue weighted by molar-refractivity contribution is 7.19. The predicted octanol–water partition coefficient (Wildman–Crippen LogP) is 3.79. The number of carbonyl (C=O) groups is 1. The molecule has 4 rings (SSSR count). The third-order valence-corrected chi connectivity index (χ3v) is 4.27. The third-order valence-electron chi connectivity index (χ3n) is 3.29. The van der Waals surface area contributed by atoms with Crippen LogP contribution in [0.25, 0.3) is 21.9 Å². The summed E-state index contributed by atoms with van der Waals surface area (Å²) in [6.07, 6.45) is 1.87. The molecule has 1 aromatic heterocycles. The zero-order valence-electron chi connectivity index (χ0n) is 10.5. The minimum Gasteiger partial charge on any atom is -0.321 e. The van der Waals surface area contributed by atoms with Gasteiger partial charge in [0.15, 0.2) is 0 Å². The van der Waals surface area contributed by atoms with Crippen LogP contribution in [0.4, 0.5) is 5.69 Å². The largest absolute Gasteiger partial charge is 0.321 e. The second-order valence-electron chi connectivity index (χ2n) is 4.58. The summed E-state index contributed by atoms with van der Waals surface area (Å²) in [6, 6.07) is 15.7. The number of hydrogen-bond donors (Lipinski definition) is 1. The van der Waals surface area contributed by atoms with E-state index in [2.05, 4.69) is 10.3 Å². The van der Waals surface area contributed by atoms with Crippen molar-refractivity contribution >= 4 is 44.8 Å². The number of thiazole rings is 1. The number of nitrogens with zero attached hydrogens (tertiary/aromatic N) is 1. The highest BCUT2D eigenvalue weighted by atomic mass is 32.1. The number of anilines is 1. The summed E-state index contributed by atoms with van der Waals surface area (Å²) in [5.41, 5.74) is 3.46. The molecule has 1 amide bonds. The average molecular weight is 278 g/mol. The molecule has 2 aromatic carbocycles. The first-order valence-electron chi connectivity index (χ1n) is 6.29. The van der Waals surface area contributed by atoms with E-state index in [1.165, 1.54) is 0 Å². The number of nitrogens with one attached hydrogen (secondary N) is 1. The fraction of sp³-hybridized carbons (Fsp3) is 0. The van der Waals surface area contributed by atoms with Gasteiger partial charge in [-0.25, -0.2) is 4.98 Å². The molecule has 1 N–H and O–H groups in total. The van der Waals surface area contributed by atoms with Gasteiger partial charge in [-0.2, -0.15) is 0 Å². The van der Waals surface area contributed by atoms with Crippen LogP contribution >= 0.6 is 11.3 Å². The van der Waals surface area contributed by atoms with E-state index in [4.69, 9.17) is 0 Å². The monoisotopic (exact) mass is 278 g/mol. The maximum atomic E-state index is 12.0. The van der Waals surface area contributed by atoms with Crippen LogP contribution in [0, 0.1) is 0 Å². The molecule has 0 aliphatic carbocycles. The molecule has 0 saturated heterocycles. The van der Waals surface area contributed by atoms with Crippen molar-refractivity contribution in [2.24, 2.45) is 0 Å². The van der Waals surface area contributed by atoms with Crippen LogP contribution in [0.15, 0.2) is 48.5 Å². The summed E-state index contributed by atoms with van der Waals surface area (Å²) in [5, 5.41) is 3.73. The fourth-order valence-corrected chi connectivity index (χ4v) is 3.27. The molecule has 3 aromatic rings. The van der Waals surface area contributed by atoms with E-state index in [9.17, 15) is 4.79 Å². The molecule has 0 fully saturated rings. The van der Waals surface area contributed by atoms with Gasteiger partial charge < -0.3 is 5.32 Å². The molecular weight excluding hydrogens is 268 g/mol. The summed E-state index contributed by atoms with van der Waals surface area (Å²) in [6.45, 7) is 0. The molecule has 0 bridgehead atoms. The number of fused-ring (bicyclic) bond motifs is 2. The molecule has 0 atom stereocenters. The van der Waals surface area contributed by atoms with E-state index < -0.39 is 0 Å². The second-order valence-corrected chi connectivity index (χ2v) is 5.64. The Hall–Kier alpha value is -2.46. The van der Waals surface area contributed by atoms with Crippen molar-refractivity contribution in [1.29, 1.82) is 0 Å². The van der Waals surface area contributed by atoms with Crippen molar-refractivity contribution in [1.82, 2.24) is 4.98 Å². The van der Waals surface area contributed by atoms with Crippen molar-refractivity contribution in [3.05, 3.63) is 59.1 Å². The van der Waals surface area contributed by atoms with Crippen molar-refractivity contribution in [3.8, 4) is 0 Å². The Balaban J connectivity index is 1.85. The van der Waals surface area contributed by atoms with Gasteiger partial charge in [-0.3, -0.25) is 4.79 Å². The Kier molecular flexibility index (Phi) is 2.44. The Labute approximate surface area is 119 Å². The molecule has 0 unspecified atom stereocenters. The molecule has 1 aliphatic heterocycles. The Morgan fingerprint density at radius 1 is 1.05 bits per heavy atom. The minimum atomic E-state index is -0.0644. The molecule has 0 radical (unpaired) electrons. The lowest BCUT2D eigenvalue weighted by molar-refractivity contribution is -0.110. The minimum absolute atomic E-state index is 0.0644. The fourth-order valence-electron chi connectivity index (χ4n) is 2.36. The molecule has 0 spiro atoms. The smallest absolute Gasteiger partial charge is 0.256 e. The van der Waals surface area contributed by atoms with Gasteiger partial charge in [-0.15, -0.1) is 11.3 Å². The van der Waals surface area contributed by atoms with E-state index in [1.54, 1.807) is 11.3 Å². The van der Waals surface area contributed by atoms with E-state index in [-0.39, 0.29) is 5.91 Å². The van der Waals surface area contributed by atoms with Gasteiger partial charge in [0.2, 0.25) is 0 Å². The summed E-state index contributed by atoms with van der Waals surface area (Å²) in [5.74, 6) is -0.0644. The van der Waals surface area contributed by atoms with Gasteiger partial charge in [0, 0.05) is 11.3 Å². The summed E-state index contributed by atoms with van der Waals surface area (Å²) in [7, 11) is 0. The molecule has 1 aliphatic rings. The number of hydrogen-bond acceptors (Lipinski definition) is 3. The van der Waals surface area contributed by atoms with Gasteiger partial charge in [0.1, 0.15) is 5.01 Å². The summed E-state index contributed by atoms with van der Waals surface area (Å²) in [4.78, 5) is 16.6. The van der Waals surface area contributed by atoms with Crippen LogP contribution in [0.1, 0.15) is 10.6 Å². The van der Waals surface area contributed by atoms with Crippen molar-refractivity contribution in [2.45, 2.75) is 0 Å². The van der Waals surface area contributed by atoms with E-state index >= 15 is 0 Å². The first-order valence-corrected chi connectivity index (χ1v) is 7.11. The number of rotatable bonds is 1. The third kappa shape index (κ3) is 1.73. The summed E-state index contributed by atoms with van der Waals surface area (Å²) < 4.78 is 1.13. The SMILES string of the molecule is O=C1Nc2ccccc2/C1=C\c1nc2ccccc2s1. The van der Waals surface area contributed by atoms with Gasteiger partial charge in [0.05, 0.1) is 15.8 Å². The van der Waals surface area contributed by atoms with Crippen LogP contribution in [0.2, 0.25) is 0 Å². The maximum Gasteiger partial charge on any atom is 0.256 e. The normalized spacial score (nSPS) is 15.6. The zero-order chi connectivity index (χ0) is 13.5. The lowest BCUT2D eigenvalue weighted by Crippen LogP contribution is -2.03. The highest BCUT2D eigenvalue weighted by Crippen LogP contribution is 2.34. The van der Waals surface area contributed by atoms with Crippen molar-refractivity contribution < 1.29 is 4.79 Å². The van der Waals surface area contributed by atoms with Gasteiger partial charge in [-0.05, 0) is 24.3 Å². The lowest BCUT2D eigenvalue weighted by Gasteiger charge is -1.95. The van der Waals surface area contributed by atoms with Crippen LogP contribution in [0.5, 0.6) is 0 Å². The van der Waals surface area contributed by atoms with Crippen LogP contribution < -0.4 is 5.32 Å². The van der Waals surface area contributed by atoms with Crippen LogP contribution in [0.3, 0.4) is 0 Å². The number of benzene rings is 2. The van der Waals surface area contributed by atoms with Crippen molar-refractivity contribution in [2.75, 3.05) is 5.32 Å². The predicted molar refractivity (Wildman–Crippen MR) is 82.6 cm³/mol. The quantitative estimate of drug-likeness (QED) is 0.688. The molecule has 4 heteroatoms. The first kappa shape index (κ1) is 11.4. The van der Waals surface area contributed by atoms with Crippen molar-refractivity contribution in [3.63, 3.8) is 0 Å². The molecule has 2 heterocycles. The molecule has 3 nitrogen and oxygen atoms in total. The van der Waals surface area contributed by atoms with Gasteiger partial charge in [-0.1, -0.05) is 30.3 Å². The van der Waals surface area contributed by atoms with Crippen LogP contribution in [-0.4, -0.2) is 10.9 Å². The number of para-hydroxylation sites is 2. The van der Waals surface area contributed by atoms with Crippen LogP contribution in [-0.2, 0) is 4.79 Å². The topological polar surface area (TPSA) is 42.0 Å². The Morgan fingerprint density at radius 3 is 2.75 bits per heavy atom. The number of amides is 1. The average Bonchev–Trinajstić information content (AvgIpc) is 3.00. The first-order chi connectivity index (χ1) is 9.81. The molecule has 0 saturated carbocycles. The van der Waals surface area contributed by atoms with E-state index in [1.807, 2.05) is 54.6 Å². The van der Waals surface area contributed by atoms with E-state index in [0.29, 0.717) is 5.57 Å². The maximum absolute atomic E-state index is 12.0. The molecular formula is C16H10N2OS. The Morgan fingerprint density at radius 2 is 1.85 bits per heavy atom. The summed E-state index contributed by atoms with van der Waals surface area (Å²) >= 11 is 1.59. The molecule has 20 heavy (non-hydrogen) atoms. The zero-order valence-corrected chi connectivity index (χ0v) is 11.3. The Bertz CT molecular complexity index is 831. The van der Waals surface area contributed by atoms with Gasteiger partial charge in [0.25, 0.3) is 5.91 Å². The standard InChI is InChI=1S/C16H10N2OS/c19-16-11(10-5-1-2-6-12(10)18-16)9-15-17-13-7-3-4-8-14(13)20-15/h1-9H,(H,18,19)/b11-9+. The number of carbonyl (C=O) groups excluding carboxylic acids is 1. The second kappa shape index (κ2) is 4.28. The lowest BCUT2D eigenvalue weighted by atomic mass is 10.1. The van der Waals surface area contributed by atoms with Gasteiger partial charge >= 0.3 is 0 Å². The highest BCUT2D eigenvalue weighted by Gasteiger charge is 2.23. The number of aromatic nitrogens is 1.